The van der Waals surface area contributed by atoms with Crippen molar-refractivity contribution in [3.63, 3.8) is 0 Å². The Kier molecular flexibility index (Phi) is 10.2. The van der Waals surface area contributed by atoms with Crippen LogP contribution in [-0.4, -0.2) is 43.0 Å². The van der Waals surface area contributed by atoms with Crippen molar-refractivity contribution in [2.24, 2.45) is 11.7 Å². The second-order valence-corrected chi connectivity index (χ2v) is 6.21. The van der Waals surface area contributed by atoms with Gasteiger partial charge in [-0.25, -0.2) is 0 Å². The maximum Gasteiger partial charge on any atom is 0.236 e. The summed E-state index contributed by atoms with van der Waals surface area (Å²) in [7, 11) is 2.07. The van der Waals surface area contributed by atoms with Gasteiger partial charge in [0.25, 0.3) is 0 Å². The molecule has 20 heavy (non-hydrogen) atoms. The van der Waals surface area contributed by atoms with Crippen molar-refractivity contribution in [2.75, 3.05) is 20.1 Å². The summed E-state index contributed by atoms with van der Waals surface area (Å²) in [4.78, 5) is 14.1. The number of likely N-dealkylation sites (N-methyl/N-ethyl adjacent to an activating group) is 1. The van der Waals surface area contributed by atoms with Crippen molar-refractivity contribution < 1.29 is 4.79 Å². The average molecular weight is 306 g/mol. The molecule has 3 N–H and O–H groups in total. The number of amides is 1. The van der Waals surface area contributed by atoms with Crippen molar-refractivity contribution in [3.05, 3.63) is 0 Å². The Balaban J connectivity index is 0.00000361. The van der Waals surface area contributed by atoms with Gasteiger partial charge in [0.15, 0.2) is 0 Å². The van der Waals surface area contributed by atoms with Gasteiger partial charge in [-0.15, -0.1) is 12.4 Å². The lowest BCUT2D eigenvalue weighted by Crippen LogP contribution is -2.44. The van der Waals surface area contributed by atoms with E-state index in [1.54, 1.807) is 0 Å². The Morgan fingerprint density at radius 2 is 1.90 bits per heavy atom. The van der Waals surface area contributed by atoms with E-state index in [-0.39, 0.29) is 24.4 Å². The number of carbonyl (C=O) groups is 1. The first-order valence-electron chi connectivity index (χ1n) is 7.74. The molecule has 1 aliphatic rings. The van der Waals surface area contributed by atoms with Gasteiger partial charge in [-0.3, -0.25) is 4.79 Å². The molecule has 5 heteroatoms. The zero-order chi connectivity index (χ0) is 14.3. The van der Waals surface area contributed by atoms with E-state index in [1.165, 1.54) is 32.1 Å². The molecular formula is C15H32ClN3O. The zero-order valence-electron chi connectivity index (χ0n) is 13.2. The molecule has 0 radical (unpaired) electrons. The van der Waals surface area contributed by atoms with E-state index >= 15 is 0 Å². The van der Waals surface area contributed by atoms with Gasteiger partial charge in [0.2, 0.25) is 5.91 Å². The number of hydrogen-bond donors (Lipinski definition) is 2. The Bertz CT molecular complexity index is 268. The maximum atomic E-state index is 11.9. The van der Waals surface area contributed by atoms with Crippen LogP contribution in [-0.2, 0) is 4.79 Å². The highest BCUT2D eigenvalue weighted by molar-refractivity contribution is 5.85. The third kappa shape index (κ3) is 7.46. The van der Waals surface area contributed by atoms with Crippen LogP contribution >= 0.6 is 12.4 Å². The molecule has 0 saturated heterocycles. The molecule has 0 aromatic heterocycles. The van der Waals surface area contributed by atoms with Crippen molar-refractivity contribution >= 4 is 18.3 Å². The van der Waals surface area contributed by atoms with E-state index in [1.807, 2.05) is 0 Å². The van der Waals surface area contributed by atoms with Crippen LogP contribution in [0.4, 0.5) is 0 Å². The van der Waals surface area contributed by atoms with Gasteiger partial charge in [-0.2, -0.15) is 0 Å². The summed E-state index contributed by atoms with van der Waals surface area (Å²) >= 11 is 0. The first kappa shape index (κ1) is 19.7. The fourth-order valence-electron chi connectivity index (χ4n) is 2.63. The molecule has 1 rings (SSSR count). The molecule has 1 saturated carbocycles. The number of nitrogens with zero attached hydrogens (tertiary/aromatic N) is 1. The summed E-state index contributed by atoms with van der Waals surface area (Å²) in [6.07, 6.45) is 7.30. The number of carbonyl (C=O) groups excluding carboxylic acids is 1. The lowest BCUT2D eigenvalue weighted by molar-refractivity contribution is -0.122. The van der Waals surface area contributed by atoms with Crippen LogP contribution in [0, 0.1) is 5.92 Å². The second-order valence-electron chi connectivity index (χ2n) is 6.21. The van der Waals surface area contributed by atoms with Gasteiger partial charge in [-0.1, -0.05) is 32.1 Å². The number of halogens is 1. The SMILES string of the molecule is CC(C)N(C)CCNC(=O)C(N)CC1CCCCC1.Cl. The molecule has 1 aliphatic carbocycles. The Morgan fingerprint density at radius 3 is 2.45 bits per heavy atom. The summed E-state index contributed by atoms with van der Waals surface area (Å²) in [5.74, 6) is 0.676. The third-order valence-electron chi connectivity index (χ3n) is 4.29. The van der Waals surface area contributed by atoms with Gasteiger partial charge < -0.3 is 16.0 Å². The predicted octanol–water partition coefficient (Wildman–Crippen LogP) is 2.16. The smallest absolute Gasteiger partial charge is 0.236 e. The highest BCUT2D eigenvalue weighted by Crippen LogP contribution is 2.26. The highest BCUT2D eigenvalue weighted by atomic mass is 35.5. The maximum absolute atomic E-state index is 11.9. The van der Waals surface area contributed by atoms with Crippen LogP contribution < -0.4 is 11.1 Å². The zero-order valence-corrected chi connectivity index (χ0v) is 14.0. The van der Waals surface area contributed by atoms with Crippen molar-refractivity contribution in [2.45, 2.75) is 64.5 Å². The standard InChI is InChI=1S/C15H31N3O.ClH/c1-12(2)18(3)10-9-17-15(19)14(16)11-13-7-5-4-6-8-13;/h12-14H,4-11,16H2,1-3H3,(H,17,19);1H. The molecule has 4 nitrogen and oxygen atoms in total. The number of hydrogen-bond acceptors (Lipinski definition) is 3. The molecule has 0 aromatic rings. The van der Waals surface area contributed by atoms with Crippen molar-refractivity contribution in [1.82, 2.24) is 10.2 Å². The van der Waals surface area contributed by atoms with Gasteiger partial charge in [0, 0.05) is 19.1 Å². The first-order valence-corrected chi connectivity index (χ1v) is 7.74. The van der Waals surface area contributed by atoms with Crippen molar-refractivity contribution in [1.29, 1.82) is 0 Å². The normalized spacial score (nSPS) is 17.9. The lowest BCUT2D eigenvalue weighted by Gasteiger charge is -2.25. The van der Waals surface area contributed by atoms with E-state index in [9.17, 15) is 4.79 Å². The van der Waals surface area contributed by atoms with Gasteiger partial charge >= 0.3 is 0 Å². The first-order chi connectivity index (χ1) is 9.00. The van der Waals surface area contributed by atoms with Gasteiger partial charge in [0.05, 0.1) is 6.04 Å². The average Bonchev–Trinajstić information content (AvgIpc) is 2.39. The van der Waals surface area contributed by atoms with Crippen LogP contribution in [0.5, 0.6) is 0 Å². The molecule has 0 spiro atoms. The Hall–Kier alpha value is -0.320. The summed E-state index contributed by atoms with van der Waals surface area (Å²) in [6, 6.07) is 0.181. The molecule has 0 bridgehead atoms. The van der Waals surface area contributed by atoms with Crippen LogP contribution in [0.15, 0.2) is 0 Å². The summed E-state index contributed by atoms with van der Waals surface area (Å²) in [6.45, 7) is 5.86. The molecule has 0 aliphatic heterocycles. The van der Waals surface area contributed by atoms with E-state index in [0.717, 1.165) is 13.0 Å². The Morgan fingerprint density at radius 1 is 1.30 bits per heavy atom. The van der Waals surface area contributed by atoms with Crippen LogP contribution in [0.2, 0.25) is 0 Å². The minimum atomic E-state index is -0.326. The summed E-state index contributed by atoms with van der Waals surface area (Å²) in [5.41, 5.74) is 6.00. The van der Waals surface area contributed by atoms with Gasteiger partial charge in [-0.05, 0) is 33.2 Å². The summed E-state index contributed by atoms with van der Waals surface area (Å²) in [5, 5.41) is 2.95. The predicted molar refractivity (Wildman–Crippen MR) is 87.2 cm³/mol. The highest BCUT2D eigenvalue weighted by Gasteiger charge is 2.21. The summed E-state index contributed by atoms with van der Waals surface area (Å²) < 4.78 is 0. The van der Waals surface area contributed by atoms with E-state index < -0.39 is 0 Å². The van der Waals surface area contributed by atoms with E-state index in [0.29, 0.717) is 18.5 Å². The molecule has 1 amide bonds. The molecule has 0 heterocycles. The largest absolute Gasteiger partial charge is 0.353 e. The minimum Gasteiger partial charge on any atom is -0.353 e. The molecule has 1 atom stereocenters. The number of rotatable bonds is 7. The minimum absolute atomic E-state index is 0. The van der Waals surface area contributed by atoms with E-state index in [2.05, 4.69) is 31.1 Å². The lowest BCUT2D eigenvalue weighted by atomic mass is 9.85. The van der Waals surface area contributed by atoms with Crippen LogP contribution in [0.1, 0.15) is 52.4 Å². The topological polar surface area (TPSA) is 58.4 Å². The molecule has 1 fully saturated rings. The quantitative estimate of drug-likeness (QED) is 0.758. The molecule has 120 valence electrons. The van der Waals surface area contributed by atoms with E-state index in [4.69, 9.17) is 5.73 Å². The monoisotopic (exact) mass is 305 g/mol. The molecule has 0 aromatic carbocycles. The fraction of sp³-hybridized carbons (Fsp3) is 0.933. The van der Waals surface area contributed by atoms with Crippen molar-refractivity contribution in [3.8, 4) is 0 Å². The number of nitrogens with one attached hydrogen (secondary N) is 1. The second kappa shape index (κ2) is 10.4. The van der Waals surface area contributed by atoms with Gasteiger partial charge in [0.1, 0.15) is 0 Å². The number of nitrogens with two attached hydrogens (primary N) is 1. The Labute approximate surface area is 130 Å². The third-order valence-corrected chi connectivity index (χ3v) is 4.29. The fourth-order valence-corrected chi connectivity index (χ4v) is 2.63. The van der Waals surface area contributed by atoms with Crippen LogP contribution in [0.25, 0.3) is 0 Å². The molecule has 1 unspecified atom stereocenters. The molecular weight excluding hydrogens is 274 g/mol. The van der Waals surface area contributed by atoms with Crippen LogP contribution in [0.3, 0.4) is 0 Å².